The summed E-state index contributed by atoms with van der Waals surface area (Å²) in [5.74, 6) is 0. The van der Waals surface area contributed by atoms with E-state index in [-0.39, 0.29) is 12.4 Å². The molecule has 0 saturated carbocycles. The van der Waals surface area contributed by atoms with Crippen molar-refractivity contribution in [1.82, 2.24) is 9.88 Å². The lowest BCUT2D eigenvalue weighted by Crippen LogP contribution is -2.07. The molecule has 5 heteroatoms. The molecule has 0 fully saturated rings. The van der Waals surface area contributed by atoms with Crippen LogP contribution in [0, 0.1) is 6.92 Å². The summed E-state index contributed by atoms with van der Waals surface area (Å²) in [4.78, 5) is 20.3. The van der Waals surface area contributed by atoms with Crippen molar-refractivity contribution >= 4 is 41.6 Å². The van der Waals surface area contributed by atoms with Gasteiger partial charge in [0.25, 0.3) is 0 Å². The van der Waals surface area contributed by atoms with Crippen LogP contribution in [0.3, 0.4) is 0 Å². The minimum atomic E-state index is 0. The van der Waals surface area contributed by atoms with Crippen LogP contribution in [0.25, 0.3) is 10.9 Å². The minimum absolute atomic E-state index is 0. The van der Waals surface area contributed by atoms with Crippen LogP contribution in [-0.2, 0) is 0 Å². The number of aliphatic imine (C=N–C) groups is 1. The number of fused-ring (bicyclic) bond motifs is 1. The molecule has 0 unspecified atom stereocenters. The number of aromatic amines is 1. The van der Waals surface area contributed by atoms with Crippen LogP contribution in [0.1, 0.15) is 16.1 Å². The third-order valence-corrected chi connectivity index (χ3v) is 2.49. The van der Waals surface area contributed by atoms with E-state index in [9.17, 15) is 4.79 Å². The van der Waals surface area contributed by atoms with E-state index < -0.39 is 0 Å². The van der Waals surface area contributed by atoms with Gasteiger partial charge in [0, 0.05) is 25.0 Å². The van der Waals surface area contributed by atoms with E-state index in [0.717, 1.165) is 22.8 Å². The Hall–Kier alpha value is -1.81. The average Bonchev–Trinajstić information content (AvgIpc) is 2.63. The molecule has 0 saturated heterocycles. The van der Waals surface area contributed by atoms with Crippen molar-refractivity contribution in [3.05, 3.63) is 29.5 Å². The van der Waals surface area contributed by atoms with Crippen molar-refractivity contribution in [2.75, 3.05) is 14.1 Å². The number of hydrogen-bond acceptors (Lipinski definition) is 2. The molecule has 1 aromatic carbocycles. The normalized spacial score (nSPS) is 10.6. The van der Waals surface area contributed by atoms with Gasteiger partial charge in [0.05, 0.1) is 6.34 Å². The number of nitrogens with one attached hydrogen (secondary N) is 1. The van der Waals surface area contributed by atoms with Crippen LogP contribution >= 0.6 is 12.4 Å². The first-order chi connectivity index (χ1) is 8.11. The Morgan fingerprint density at radius 2 is 2.06 bits per heavy atom. The lowest BCUT2D eigenvalue weighted by Gasteiger charge is -2.02. The molecule has 2 rings (SSSR count). The zero-order valence-corrected chi connectivity index (χ0v) is 11.4. The van der Waals surface area contributed by atoms with Crippen molar-refractivity contribution < 1.29 is 4.79 Å². The average molecular weight is 266 g/mol. The summed E-state index contributed by atoms with van der Waals surface area (Å²) in [6.45, 7) is 2.02. The second-order valence-corrected chi connectivity index (χ2v) is 4.26. The number of aryl methyl sites for hydroxylation is 1. The van der Waals surface area contributed by atoms with E-state index in [1.165, 1.54) is 0 Å². The number of halogens is 1. The molecule has 0 atom stereocenters. The Morgan fingerprint density at radius 3 is 2.67 bits per heavy atom. The number of carbonyl (C=O) groups is 1. The van der Waals surface area contributed by atoms with Crippen molar-refractivity contribution in [3.63, 3.8) is 0 Å². The SMILES string of the molecule is Cc1ccc2[nH]c(C=O)c(N=CN(C)C)c2c1.Cl. The van der Waals surface area contributed by atoms with Gasteiger partial charge in [0.15, 0.2) is 6.29 Å². The van der Waals surface area contributed by atoms with Crippen LogP contribution in [0.15, 0.2) is 23.2 Å². The number of aromatic nitrogens is 1. The molecule has 4 nitrogen and oxygen atoms in total. The van der Waals surface area contributed by atoms with E-state index in [1.54, 1.807) is 6.34 Å². The summed E-state index contributed by atoms with van der Waals surface area (Å²) in [6, 6.07) is 6.00. The summed E-state index contributed by atoms with van der Waals surface area (Å²) in [5, 5.41) is 0.977. The van der Waals surface area contributed by atoms with E-state index in [0.29, 0.717) is 11.4 Å². The molecular formula is C13H16ClN3O. The molecule has 0 radical (unpaired) electrons. The van der Waals surface area contributed by atoms with Crippen LogP contribution < -0.4 is 0 Å². The van der Waals surface area contributed by atoms with E-state index in [4.69, 9.17) is 0 Å². The predicted octanol–water partition coefficient (Wildman–Crippen LogP) is 2.93. The highest BCUT2D eigenvalue weighted by Gasteiger charge is 2.09. The standard InChI is InChI=1S/C13H15N3O.ClH/c1-9-4-5-11-10(6-9)13(12(7-17)15-11)14-8-16(2)3;/h4-8,15H,1-3H3;1H. The fraction of sp³-hybridized carbons (Fsp3) is 0.231. The lowest BCUT2D eigenvalue weighted by atomic mass is 10.1. The molecule has 2 aromatic rings. The molecule has 0 amide bonds. The maximum absolute atomic E-state index is 11.0. The number of benzene rings is 1. The number of rotatable bonds is 3. The number of H-pyrrole nitrogens is 1. The molecular weight excluding hydrogens is 250 g/mol. The van der Waals surface area contributed by atoms with Gasteiger partial charge in [-0.25, -0.2) is 4.99 Å². The van der Waals surface area contributed by atoms with E-state index in [2.05, 4.69) is 9.98 Å². The monoisotopic (exact) mass is 265 g/mol. The smallest absolute Gasteiger partial charge is 0.168 e. The summed E-state index contributed by atoms with van der Waals surface area (Å²) in [5.41, 5.74) is 3.30. The third kappa shape index (κ3) is 2.71. The second kappa shape index (κ2) is 5.69. The Bertz CT molecular complexity index is 587. The zero-order valence-electron chi connectivity index (χ0n) is 10.6. The Labute approximate surface area is 112 Å². The van der Waals surface area contributed by atoms with E-state index >= 15 is 0 Å². The number of aldehydes is 1. The van der Waals surface area contributed by atoms with Gasteiger partial charge < -0.3 is 9.88 Å². The highest BCUT2D eigenvalue weighted by molar-refractivity contribution is 6.01. The van der Waals surface area contributed by atoms with Gasteiger partial charge in [-0.2, -0.15) is 0 Å². The second-order valence-electron chi connectivity index (χ2n) is 4.26. The molecule has 0 aliphatic rings. The van der Waals surface area contributed by atoms with Gasteiger partial charge in [-0.3, -0.25) is 4.79 Å². The van der Waals surface area contributed by atoms with Crippen molar-refractivity contribution in [3.8, 4) is 0 Å². The molecule has 0 spiro atoms. The summed E-state index contributed by atoms with van der Waals surface area (Å²) in [6.07, 6.45) is 2.50. The molecule has 1 aromatic heterocycles. The largest absolute Gasteiger partial charge is 0.369 e. The Balaban J connectivity index is 0.00000162. The number of nitrogens with zero attached hydrogens (tertiary/aromatic N) is 2. The summed E-state index contributed by atoms with van der Waals surface area (Å²) in [7, 11) is 3.79. The van der Waals surface area contributed by atoms with Gasteiger partial charge in [0.2, 0.25) is 0 Å². The van der Waals surface area contributed by atoms with Crippen LogP contribution in [0.2, 0.25) is 0 Å². The van der Waals surface area contributed by atoms with Crippen molar-refractivity contribution in [2.24, 2.45) is 4.99 Å². The van der Waals surface area contributed by atoms with Crippen molar-refractivity contribution in [2.45, 2.75) is 6.92 Å². The van der Waals surface area contributed by atoms with Gasteiger partial charge in [-0.1, -0.05) is 11.6 Å². The summed E-state index contributed by atoms with van der Waals surface area (Å²) < 4.78 is 0. The van der Waals surface area contributed by atoms with Crippen molar-refractivity contribution in [1.29, 1.82) is 0 Å². The number of carbonyl (C=O) groups excluding carboxylic acids is 1. The molecule has 1 N–H and O–H groups in total. The topological polar surface area (TPSA) is 48.5 Å². The Kier molecular flexibility index (Phi) is 4.50. The maximum Gasteiger partial charge on any atom is 0.168 e. The van der Waals surface area contributed by atoms with Crippen LogP contribution in [0.5, 0.6) is 0 Å². The maximum atomic E-state index is 11.0. The van der Waals surface area contributed by atoms with Gasteiger partial charge in [-0.15, -0.1) is 12.4 Å². The predicted molar refractivity (Wildman–Crippen MR) is 77.5 cm³/mol. The van der Waals surface area contributed by atoms with Gasteiger partial charge in [0.1, 0.15) is 11.4 Å². The first-order valence-corrected chi connectivity index (χ1v) is 5.40. The van der Waals surface area contributed by atoms with Gasteiger partial charge in [-0.05, 0) is 19.1 Å². The first kappa shape index (κ1) is 14.3. The minimum Gasteiger partial charge on any atom is -0.369 e. The van der Waals surface area contributed by atoms with Crippen LogP contribution in [0.4, 0.5) is 5.69 Å². The molecule has 0 aliphatic carbocycles. The fourth-order valence-corrected chi connectivity index (χ4v) is 1.71. The highest BCUT2D eigenvalue weighted by Crippen LogP contribution is 2.29. The van der Waals surface area contributed by atoms with Crippen LogP contribution in [-0.4, -0.2) is 36.6 Å². The third-order valence-electron chi connectivity index (χ3n) is 2.49. The summed E-state index contributed by atoms with van der Waals surface area (Å²) >= 11 is 0. The van der Waals surface area contributed by atoms with Gasteiger partial charge >= 0.3 is 0 Å². The number of hydrogen-bond donors (Lipinski definition) is 1. The Morgan fingerprint density at radius 1 is 1.33 bits per heavy atom. The first-order valence-electron chi connectivity index (χ1n) is 5.40. The molecule has 1 heterocycles. The molecule has 0 bridgehead atoms. The quantitative estimate of drug-likeness (QED) is 0.527. The lowest BCUT2D eigenvalue weighted by molar-refractivity contribution is 0.112. The molecule has 96 valence electrons. The molecule has 0 aliphatic heterocycles. The zero-order chi connectivity index (χ0) is 12.4. The highest BCUT2D eigenvalue weighted by atomic mass is 35.5. The fourth-order valence-electron chi connectivity index (χ4n) is 1.71. The van der Waals surface area contributed by atoms with E-state index in [1.807, 2.05) is 44.1 Å². The molecule has 18 heavy (non-hydrogen) atoms.